The molecule has 300 valence electrons. The first kappa shape index (κ1) is 40.3. The van der Waals surface area contributed by atoms with Crippen LogP contribution in [0.15, 0.2) is 70.8 Å². The number of ether oxygens (including phenoxy) is 4. The van der Waals surface area contributed by atoms with Crippen LogP contribution < -0.4 is 43.4 Å². The van der Waals surface area contributed by atoms with E-state index >= 15 is 0 Å². The van der Waals surface area contributed by atoms with Crippen molar-refractivity contribution in [3.8, 4) is 5.75 Å². The Bertz CT molecular complexity index is 2150. The molecule has 7 atom stereocenters. The maximum Gasteiger partial charge on any atom is 0.333 e. The van der Waals surface area contributed by atoms with E-state index in [0.717, 1.165) is 12.0 Å². The lowest BCUT2D eigenvalue weighted by atomic mass is 10.0. The van der Waals surface area contributed by atoms with Crippen LogP contribution in [0.3, 0.4) is 0 Å². The Morgan fingerprint density at radius 1 is 1.07 bits per heavy atom. The van der Waals surface area contributed by atoms with Crippen LogP contribution in [0.1, 0.15) is 63.7 Å². The maximum absolute atomic E-state index is 13.6. The van der Waals surface area contributed by atoms with Gasteiger partial charge in [0.2, 0.25) is 17.8 Å². The number of nitrogen functional groups attached to an aromatic ring is 1. The first-order chi connectivity index (χ1) is 26.9. The number of rotatable bonds is 17. The number of aromatic nitrogens is 4. The van der Waals surface area contributed by atoms with E-state index in [2.05, 4.69) is 32.5 Å². The number of benzene rings is 2. The van der Waals surface area contributed by atoms with Crippen LogP contribution in [-0.2, 0) is 37.0 Å². The summed E-state index contributed by atoms with van der Waals surface area (Å²) in [4.78, 5) is 59.4. The van der Waals surface area contributed by atoms with E-state index in [1.165, 1.54) is 15.2 Å². The van der Waals surface area contributed by atoms with Crippen LogP contribution in [0.5, 0.6) is 5.75 Å². The molecule has 0 spiro atoms. The number of aromatic amines is 1. The molecule has 2 aliphatic rings. The highest BCUT2D eigenvalue weighted by Crippen LogP contribution is 2.44. The van der Waals surface area contributed by atoms with Crippen molar-refractivity contribution >= 4 is 34.6 Å². The third kappa shape index (κ3) is 8.56. The monoisotopic (exact) mass is 773 g/mol. The van der Waals surface area contributed by atoms with Gasteiger partial charge in [0.25, 0.3) is 5.56 Å². The van der Waals surface area contributed by atoms with Crippen molar-refractivity contribution in [1.82, 2.24) is 29.7 Å². The van der Waals surface area contributed by atoms with Gasteiger partial charge in [0.15, 0.2) is 23.7 Å². The molecule has 8 N–H and O–H groups in total. The van der Waals surface area contributed by atoms with Gasteiger partial charge in [-0.3, -0.25) is 23.9 Å². The zero-order valence-corrected chi connectivity index (χ0v) is 32.0. The van der Waals surface area contributed by atoms with Crippen molar-refractivity contribution in [3.63, 3.8) is 0 Å². The summed E-state index contributed by atoms with van der Waals surface area (Å²) in [5, 5.41) is 8.85. The van der Waals surface area contributed by atoms with Gasteiger partial charge in [-0.05, 0) is 75.5 Å². The van der Waals surface area contributed by atoms with Gasteiger partial charge in [0.05, 0.1) is 12.1 Å². The number of nitrogens with two attached hydrogens (primary N) is 2. The molecule has 2 amide bonds. The molecule has 6 rings (SSSR count). The summed E-state index contributed by atoms with van der Waals surface area (Å²) in [6.45, 7) is 10.3. The van der Waals surface area contributed by atoms with Gasteiger partial charge in [-0.1, -0.05) is 44.2 Å². The summed E-state index contributed by atoms with van der Waals surface area (Å²) in [5.41, 5.74) is 12.7. The molecule has 4 heterocycles. The van der Waals surface area contributed by atoms with Crippen LogP contribution in [0.25, 0.3) is 11.2 Å². The van der Waals surface area contributed by atoms with Crippen molar-refractivity contribution < 1.29 is 28.5 Å². The average Bonchev–Trinajstić information content (AvgIpc) is 3.82. The van der Waals surface area contributed by atoms with E-state index in [0.29, 0.717) is 36.4 Å². The summed E-state index contributed by atoms with van der Waals surface area (Å²) < 4.78 is 27.6. The van der Waals surface area contributed by atoms with E-state index in [1.54, 1.807) is 19.2 Å². The largest absolute Gasteiger partial charge is 0.489 e. The predicted molar refractivity (Wildman–Crippen MR) is 210 cm³/mol. The van der Waals surface area contributed by atoms with E-state index in [4.69, 9.17) is 30.4 Å². The van der Waals surface area contributed by atoms with Gasteiger partial charge in [-0.25, -0.2) is 9.36 Å². The molecule has 0 saturated carbocycles. The first-order valence-electron chi connectivity index (χ1n) is 18.8. The zero-order valence-electron chi connectivity index (χ0n) is 32.0. The smallest absolute Gasteiger partial charge is 0.333 e. The minimum Gasteiger partial charge on any atom is -0.489 e. The fraction of sp³-hybridized carbons (Fsp3) is 0.462. The number of H-pyrrole nitrogens is 1. The highest BCUT2D eigenvalue weighted by atomic mass is 16.8. The van der Waals surface area contributed by atoms with E-state index in [-0.39, 0.29) is 48.0 Å². The second-order valence-electron chi connectivity index (χ2n) is 14.3. The SMILES string of the molecule is C=CCn1c(=O)n([C@@H]2O[C@H](C)[C@H]3OC(c4cccc(OCc5ccc(NC(=O)[C@H](CCCCN)NC(=O)C(NC)C(C)C)cc5)c4)O[C@H]32)c2nc(N)[nH]c(=O)c21. The number of likely N-dealkylation sites (N-methyl/N-ethyl adjacent to an activating group) is 1. The van der Waals surface area contributed by atoms with Gasteiger partial charge < -0.3 is 46.4 Å². The maximum atomic E-state index is 13.6. The van der Waals surface area contributed by atoms with Crippen LogP contribution in [0.4, 0.5) is 11.6 Å². The molecule has 0 aliphatic carbocycles. The number of nitrogens with zero attached hydrogens (tertiary/aromatic N) is 3. The molecule has 17 nitrogen and oxygen atoms in total. The van der Waals surface area contributed by atoms with Crippen LogP contribution in [0.2, 0.25) is 0 Å². The number of allylic oxidation sites excluding steroid dienone is 1. The van der Waals surface area contributed by atoms with Crippen LogP contribution in [0, 0.1) is 5.92 Å². The Morgan fingerprint density at radius 2 is 1.82 bits per heavy atom. The molecule has 0 bridgehead atoms. The second kappa shape index (κ2) is 17.6. The minimum absolute atomic E-state index is 0.0523. The molecule has 2 unspecified atom stereocenters. The molecule has 0 radical (unpaired) electrons. The normalized spacial score (nSPS) is 21.5. The lowest BCUT2D eigenvalue weighted by molar-refractivity contribution is -0.144. The quantitative estimate of drug-likeness (QED) is 0.0671. The van der Waals surface area contributed by atoms with Crippen molar-refractivity contribution in [1.29, 1.82) is 0 Å². The first-order valence-corrected chi connectivity index (χ1v) is 18.8. The number of nitrogens with one attached hydrogen (secondary N) is 4. The second-order valence-corrected chi connectivity index (χ2v) is 14.3. The molecule has 4 aromatic rings. The highest BCUT2D eigenvalue weighted by molar-refractivity contribution is 5.97. The number of unbranched alkanes of at least 4 members (excludes halogenated alkanes) is 1. The summed E-state index contributed by atoms with van der Waals surface area (Å²) in [6, 6.07) is 13.5. The Kier molecular flexibility index (Phi) is 12.7. The molecular formula is C39H51N9O8. The topological polar surface area (TPSA) is 232 Å². The van der Waals surface area contributed by atoms with Gasteiger partial charge in [0.1, 0.15) is 30.6 Å². The molecule has 2 aromatic carbocycles. The molecule has 17 heteroatoms. The van der Waals surface area contributed by atoms with Crippen LogP contribution >= 0.6 is 0 Å². The van der Waals surface area contributed by atoms with Gasteiger partial charge in [-0.2, -0.15) is 4.98 Å². The Balaban J connectivity index is 1.09. The Labute approximate surface area is 323 Å². The number of hydrogen-bond donors (Lipinski definition) is 6. The fourth-order valence-electron chi connectivity index (χ4n) is 7.17. The summed E-state index contributed by atoms with van der Waals surface area (Å²) in [7, 11) is 1.73. The van der Waals surface area contributed by atoms with Gasteiger partial charge in [0, 0.05) is 17.8 Å². The summed E-state index contributed by atoms with van der Waals surface area (Å²) in [6.07, 6.45) is 0.00646. The number of carbonyl (C=O) groups is 2. The number of carbonyl (C=O) groups excluding carboxylic acids is 2. The lowest BCUT2D eigenvalue weighted by Crippen LogP contribution is -2.52. The number of imidazole rings is 1. The molecule has 2 aliphatic heterocycles. The van der Waals surface area contributed by atoms with Gasteiger partial charge >= 0.3 is 5.69 Å². The van der Waals surface area contributed by atoms with Crippen molar-refractivity contribution in [3.05, 3.63) is 93.2 Å². The van der Waals surface area contributed by atoms with Crippen molar-refractivity contribution in [2.24, 2.45) is 11.7 Å². The fourth-order valence-corrected chi connectivity index (χ4v) is 7.17. The molecule has 2 saturated heterocycles. The van der Waals surface area contributed by atoms with Gasteiger partial charge in [-0.15, -0.1) is 6.58 Å². The zero-order chi connectivity index (χ0) is 40.1. The summed E-state index contributed by atoms with van der Waals surface area (Å²) in [5.74, 6) is -0.0373. The predicted octanol–water partition coefficient (Wildman–Crippen LogP) is 2.43. The Hall–Kier alpha value is -5.33. The molecular weight excluding hydrogens is 722 g/mol. The lowest BCUT2D eigenvalue weighted by Gasteiger charge is -2.24. The molecule has 56 heavy (non-hydrogen) atoms. The minimum atomic E-state index is -0.946. The standard InChI is InChI=1S/C39H51N9O8/c1-6-18-47-29-32(45-38(41)46-35(29)51)48(39(47)52)36-31-30(22(4)54-36)55-37(56-31)24-10-9-11-26(19-24)53-20-23-13-15-25(16-14-23)43-33(49)27(12-7-8-17-40)44-34(50)28(42-5)21(2)3/h6,9-11,13-16,19,21-22,27-28,30-31,36-37,42H,1,7-8,12,17-18,20,40H2,2-5H3,(H,43,49)(H,44,50)(H3,41,45,46,51)/t22-,27+,28?,30-,31-,36-,37?/m1/s1. The third-order valence-corrected chi connectivity index (χ3v) is 9.98. The molecule has 2 aromatic heterocycles. The Morgan fingerprint density at radius 3 is 2.52 bits per heavy atom. The van der Waals surface area contributed by atoms with E-state index in [9.17, 15) is 19.2 Å². The van der Waals surface area contributed by atoms with Crippen molar-refractivity contribution in [2.45, 2.75) is 96.1 Å². The summed E-state index contributed by atoms with van der Waals surface area (Å²) >= 11 is 0. The molecule has 2 fully saturated rings. The van der Waals surface area contributed by atoms with E-state index in [1.807, 2.05) is 57.2 Å². The number of amides is 2. The van der Waals surface area contributed by atoms with Crippen LogP contribution in [-0.4, -0.2) is 74.9 Å². The highest BCUT2D eigenvalue weighted by Gasteiger charge is 2.53. The number of fused-ring (bicyclic) bond motifs is 2. The van der Waals surface area contributed by atoms with E-state index < -0.39 is 54.2 Å². The number of anilines is 2. The number of hydrogen-bond acceptors (Lipinski definition) is 12. The van der Waals surface area contributed by atoms with Crippen molar-refractivity contribution in [2.75, 3.05) is 24.6 Å². The average molecular weight is 774 g/mol. The third-order valence-electron chi connectivity index (χ3n) is 9.98.